The maximum Gasteiger partial charge on any atom is 0.329 e. The molecule has 8 nitrogen and oxygen atoms in total. The number of nitrogens with two attached hydrogens (primary N) is 1. The Morgan fingerprint density at radius 1 is 1.18 bits per heavy atom. The largest absolute Gasteiger partial charge is 0.399 e. The molecule has 28 heavy (non-hydrogen) atoms. The molecule has 2 amide bonds. The van der Waals surface area contributed by atoms with Crippen molar-refractivity contribution in [1.29, 1.82) is 0 Å². The molecule has 0 saturated carbocycles. The molecule has 1 aromatic heterocycles. The van der Waals surface area contributed by atoms with E-state index in [1.807, 2.05) is 0 Å². The molecule has 2 N–H and O–H groups in total. The average molecular weight is 405 g/mol. The number of carbonyl (C=O) groups excluding carboxylic acids is 2. The number of nitrogens with zero attached hydrogens (tertiary/aromatic N) is 3. The maximum absolute atomic E-state index is 13.0. The van der Waals surface area contributed by atoms with Crippen molar-refractivity contribution in [3.63, 3.8) is 0 Å². The van der Waals surface area contributed by atoms with Gasteiger partial charge in [0.1, 0.15) is 12.8 Å². The summed E-state index contributed by atoms with van der Waals surface area (Å²) in [7, 11) is 0.393. The number of imide groups is 1. The molecule has 1 saturated heterocycles. The first-order valence-corrected chi connectivity index (χ1v) is 13.2. The van der Waals surface area contributed by atoms with Gasteiger partial charge in [0.05, 0.1) is 11.0 Å². The summed E-state index contributed by atoms with van der Waals surface area (Å²) in [6.07, 6.45) is 0.498. The zero-order chi connectivity index (χ0) is 20.6. The Kier molecular flexibility index (Phi) is 5.49. The van der Waals surface area contributed by atoms with Gasteiger partial charge < -0.3 is 10.5 Å². The fourth-order valence-electron chi connectivity index (χ4n) is 3.41. The highest BCUT2D eigenvalue weighted by Gasteiger charge is 2.37. The number of piperidine rings is 1. The number of imidazole rings is 1. The molecule has 1 atom stereocenters. The first-order chi connectivity index (χ1) is 13.1. The number of ether oxygens (including phenoxy) is 1. The van der Waals surface area contributed by atoms with Gasteiger partial charge in [-0.1, -0.05) is 19.6 Å². The molecule has 3 rings (SSSR count). The lowest BCUT2D eigenvalue weighted by molar-refractivity contribution is -0.157. The van der Waals surface area contributed by atoms with E-state index in [0.29, 0.717) is 29.7 Å². The number of aryl methyl sites for hydroxylation is 1. The van der Waals surface area contributed by atoms with Gasteiger partial charge in [-0.25, -0.2) is 4.79 Å². The number of fused-ring (bicyclic) bond motifs is 1. The van der Waals surface area contributed by atoms with E-state index >= 15 is 0 Å². The Balaban J connectivity index is 1.85. The van der Waals surface area contributed by atoms with E-state index in [-0.39, 0.29) is 24.7 Å². The third-order valence-corrected chi connectivity index (χ3v) is 6.83. The van der Waals surface area contributed by atoms with Crippen LogP contribution >= 0.6 is 0 Å². The lowest BCUT2D eigenvalue weighted by Gasteiger charge is -2.31. The number of nitrogen functional groups attached to an aromatic ring is 1. The Hall–Kier alpha value is -2.39. The van der Waals surface area contributed by atoms with Gasteiger partial charge in [0.15, 0.2) is 0 Å². The summed E-state index contributed by atoms with van der Waals surface area (Å²) in [4.78, 5) is 39.3. The number of hydrogen-bond donors (Lipinski definition) is 1. The molecule has 1 aliphatic heterocycles. The summed E-state index contributed by atoms with van der Waals surface area (Å²) in [5.74, 6) is -0.650. The fraction of sp³-hybridized carbons (Fsp3) is 0.526. The monoisotopic (exact) mass is 404 g/mol. The molecule has 0 aliphatic carbocycles. The minimum absolute atomic E-state index is 0.0644. The minimum Gasteiger partial charge on any atom is -0.399 e. The van der Waals surface area contributed by atoms with Crippen molar-refractivity contribution in [2.24, 2.45) is 7.05 Å². The van der Waals surface area contributed by atoms with Crippen LogP contribution in [-0.2, 0) is 21.4 Å². The van der Waals surface area contributed by atoms with E-state index in [4.69, 9.17) is 10.5 Å². The molecule has 1 aromatic carbocycles. The zero-order valence-corrected chi connectivity index (χ0v) is 17.9. The lowest BCUT2D eigenvalue weighted by Crippen LogP contribution is -2.48. The summed E-state index contributed by atoms with van der Waals surface area (Å²) >= 11 is 0. The van der Waals surface area contributed by atoms with Crippen molar-refractivity contribution in [3.05, 3.63) is 28.7 Å². The fourth-order valence-corrected chi connectivity index (χ4v) is 4.17. The van der Waals surface area contributed by atoms with Crippen LogP contribution in [0, 0.1) is 0 Å². The third kappa shape index (κ3) is 3.90. The van der Waals surface area contributed by atoms with Gasteiger partial charge in [0.2, 0.25) is 5.91 Å². The second kappa shape index (κ2) is 7.55. The summed E-state index contributed by atoms with van der Waals surface area (Å²) in [5, 5.41) is 0. The molecule has 9 heteroatoms. The Morgan fingerprint density at radius 3 is 2.57 bits per heavy atom. The van der Waals surface area contributed by atoms with Crippen molar-refractivity contribution >= 4 is 36.6 Å². The predicted molar refractivity (Wildman–Crippen MR) is 111 cm³/mol. The van der Waals surface area contributed by atoms with E-state index in [1.54, 1.807) is 25.2 Å². The van der Waals surface area contributed by atoms with Crippen molar-refractivity contribution in [3.8, 4) is 0 Å². The van der Waals surface area contributed by atoms with Crippen LogP contribution in [0.15, 0.2) is 23.0 Å². The van der Waals surface area contributed by atoms with E-state index in [2.05, 4.69) is 19.6 Å². The van der Waals surface area contributed by atoms with Crippen molar-refractivity contribution in [2.75, 3.05) is 19.1 Å². The normalized spacial score (nSPS) is 18.3. The SMILES string of the molecule is Cn1c(=O)n(C2CCC(=O)N(COCC[Si](C)(C)C)C2=O)c2ccc(N)cc21. The molecule has 152 valence electrons. The molecule has 0 bridgehead atoms. The van der Waals surface area contributed by atoms with Gasteiger partial charge in [-0.05, 0) is 30.7 Å². The molecule has 0 spiro atoms. The van der Waals surface area contributed by atoms with Crippen molar-refractivity contribution < 1.29 is 14.3 Å². The molecule has 1 aliphatic rings. The van der Waals surface area contributed by atoms with Gasteiger partial charge in [-0.2, -0.15) is 0 Å². The maximum atomic E-state index is 13.0. The average Bonchev–Trinajstić information content (AvgIpc) is 2.85. The molecular formula is C19H28N4O4Si. The highest BCUT2D eigenvalue weighted by molar-refractivity contribution is 6.76. The number of amides is 2. The Morgan fingerprint density at radius 2 is 1.89 bits per heavy atom. The van der Waals surface area contributed by atoms with Crippen molar-refractivity contribution in [2.45, 2.75) is 44.6 Å². The second-order valence-electron chi connectivity index (χ2n) is 8.52. The number of likely N-dealkylation sites (tertiary alicyclic amines) is 1. The van der Waals surface area contributed by atoms with Crippen LogP contribution in [0.5, 0.6) is 0 Å². The van der Waals surface area contributed by atoms with Gasteiger partial charge >= 0.3 is 5.69 Å². The standard InChI is InChI=1S/C19H28N4O4Si/c1-21-16-11-13(20)5-6-14(16)23(19(21)26)15-7-8-17(24)22(18(15)25)12-27-9-10-28(2,3)4/h5-6,11,15H,7-10,12,20H2,1-4H3. The van der Waals surface area contributed by atoms with Crippen LogP contribution in [0.1, 0.15) is 18.9 Å². The third-order valence-electron chi connectivity index (χ3n) is 5.13. The number of anilines is 1. The molecule has 2 aromatic rings. The molecule has 0 radical (unpaired) electrons. The van der Waals surface area contributed by atoms with Gasteiger partial charge in [0.25, 0.3) is 5.91 Å². The number of benzene rings is 1. The van der Waals surface area contributed by atoms with Gasteiger partial charge in [-0.3, -0.25) is 23.6 Å². The minimum atomic E-state index is -1.26. The summed E-state index contributed by atoms with van der Waals surface area (Å²) in [5.41, 5.74) is 7.38. The second-order valence-corrected chi connectivity index (χ2v) is 14.1. The van der Waals surface area contributed by atoms with E-state index in [9.17, 15) is 14.4 Å². The first-order valence-electron chi connectivity index (χ1n) is 9.48. The van der Waals surface area contributed by atoms with Gasteiger partial charge in [-0.15, -0.1) is 0 Å². The zero-order valence-electron chi connectivity index (χ0n) is 16.9. The Bertz CT molecular complexity index is 973. The molecule has 1 unspecified atom stereocenters. The quantitative estimate of drug-likeness (QED) is 0.343. The highest BCUT2D eigenvalue weighted by Crippen LogP contribution is 2.27. The Labute approximate surface area is 164 Å². The summed E-state index contributed by atoms with van der Waals surface area (Å²) in [6, 6.07) is 5.39. The lowest BCUT2D eigenvalue weighted by atomic mass is 10.0. The molecular weight excluding hydrogens is 376 g/mol. The van der Waals surface area contributed by atoms with Crippen LogP contribution in [0.4, 0.5) is 5.69 Å². The van der Waals surface area contributed by atoms with Crippen LogP contribution in [0.25, 0.3) is 11.0 Å². The number of aromatic nitrogens is 2. The smallest absolute Gasteiger partial charge is 0.329 e. The number of rotatable bonds is 6. The van der Waals surface area contributed by atoms with E-state index < -0.39 is 20.0 Å². The van der Waals surface area contributed by atoms with E-state index in [0.717, 1.165) is 10.9 Å². The van der Waals surface area contributed by atoms with Crippen molar-refractivity contribution in [1.82, 2.24) is 14.0 Å². The topological polar surface area (TPSA) is 99.6 Å². The van der Waals surface area contributed by atoms with Crippen LogP contribution < -0.4 is 11.4 Å². The molecule has 1 fully saturated rings. The molecule has 2 heterocycles. The summed E-state index contributed by atoms with van der Waals surface area (Å²) < 4.78 is 8.57. The number of carbonyl (C=O) groups is 2. The van der Waals surface area contributed by atoms with E-state index in [1.165, 1.54) is 9.13 Å². The highest BCUT2D eigenvalue weighted by atomic mass is 28.3. The summed E-state index contributed by atoms with van der Waals surface area (Å²) in [6.45, 7) is 7.17. The van der Waals surface area contributed by atoms with Crippen LogP contribution in [-0.4, -0.2) is 47.3 Å². The van der Waals surface area contributed by atoms with Gasteiger partial charge in [0, 0.05) is 33.8 Å². The van der Waals surface area contributed by atoms with Crippen LogP contribution in [0.3, 0.4) is 0 Å². The number of hydrogen-bond acceptors (Lipinski definition) is 5. The first kappa shape index (κ1) is 20.3. The predicted octanol–water partition coefficient (Wildman–Crippen LogP) is 1.92. The van der Waals surface area contributed by atoms with Crippen LogP contribution in [0.2, 0.25) is 25.7 Å².